The first-order chi connectivity index (χ1) is 21.7. The molecule has 0 amide bonds. The normalized spacial score (nSPS) is 21.8. The summed E-state index contributed by atoms with van der Waals surface area (Å²) >= 11 is 0. The van der Waals surface area contributed by atoms with Crippen LogP contribution in [0.5, 0.6) is 11.8 Å². The van der Waals surface area contributed by atoms with E-state index in [9.17, 15) is 14.6 Å². The molecule has 0 spiro atoms. The third-order valence-electron chi connectivity index (χ3n) is 9.51. The maximum Gasteiger partial charge on any atom is 0.319 e. The number of phenols is 1. The number of morpholine rings is 1. The van der Waals surface area contributed by atoms with Crippen LogP contribution in [-0.4, -0.2) is 88.2 Å². The number of piperidine rings is 1. The molecule has 2 N–H and O–H groups in total. The quantitative estimate of drug-likeness (QED) is 0.274. The number of aryl methyl sites for hydroxylation is 1. The summed E-state index contributed by atoms with van der Waals surface area (Å²) in [4.78, 5) is 18.2. The summed E-state index contributed by atoms with van der Waals surface area (Å²) in [5, 5.41) is 22.9. The number of anilines is 1. The number of aromatic hydroxyl groups is 1. The number of phenolic OH excluding ortho intramolecular Hbond substituents is 1. The monoisotopic (exact) mass is 619 g/mol. The Morgan fingerprint density at radius 2 is 1.87 bits per heavy atom. The van der Waals surface area contributed by atoms with E-state index in [1.807, 2.05) is 11.8 Å². The lowest BCUT2D eigenvalue weighted by molar-refractivity contribution is 0.0231. The summed E-state index contributed by atoms with van der Waals surface area (Å²) in [6, 6.07) is 5.95. The van der Waals surface area contributed by atoms with Crippen molar-refractivity contribution in [1.82, 2.24) is 19.9 Å². The van der Waals surface area contributed by atoms with E-state index in [0.29, 0.717) is 60.1 Å². The first-order valence-electron chi connectivity index (χ1n) is 15.9. The van der Waals surface area contributed by atoms with Gasteiger partial charge in [-0.15, -0.1) is 0 Å². The minimum absolute atomic E-state index is 0.00628. The predicted octanol–water partition coefficient (Wildman–Crippen LogP) is 5.23. The average Bonchev–Trinajstić information content (AvgIpc) is 3.79. The average molecular weight is 620 g/mol. The van der Waals surface area contributed by atoms with Crippen LogP contribution >= 0.6 is 0 Å². The zero-order valence-electron chi connectivity index (χ0n) is 25.8. The van der Waals surface area contributed by atoms with Crippen molar-refractivity contribution in [2.75, 3.05) is 57.4 Å². The maximum absolute atomic E-state index is 16.8. The summed E-state index contributed by atoms with van der Waals surface area (Å²) in [6.07, 6.45) is 5.36. The Labute approximate surface area is 260 Å². The second-order valence-corrected chi connectivity index (χ2v) is 13.2. The minimum Gasteiger partial charge on any atom is -0.508 e. The molecule has 2 aromatic heterocycles. The Bertz CT molecular complexity index is 1760. The van der Waals surface area contributed by atoms with Gasteiger partial charge in [0.1, 0.15) is 28.6 Å². The molecular formula is C34H39F2N5O4. The molecule has 11 heteroatoms. The molecule has 2 aromatic carbocycles. The fraction of sp³-hybridized carbons (Fsp3) is 0.500. The number of benzene rings is 2. The highest BCUT2D eigenvalue weighted by molar-refractivity contribution is 6.01. The highest BCUT2D eigenvalue weighted by Gasteiger charge is 2.45. The third-order valence-corrected chi connectivity index (χ3v) is 9.51. The number of hydrogen-bond acceptors (Lipinski definition) is 9. The molecule has 1 atom stereocenters. The SMILES string of the molecule is CCc1c(F)ccc2cc(O)cc(-c3ncc4c(N5CCCC(C)(O)C5)nc(OCC5(CN6CCOCC6)CC5)nc4c3F)c12. The van der Waals surface area contributed by atoms with Gasteiger partial charge < -0.3 is 24.6 Å². The molecule has 3 aliphatic rings. The van der Waals surface area contributed by atoms with Crippen LogP contribution in [0.3, 0.4) is 0 Å². The molecule has 45 heavy (non-hydrogen) atoms. The van der Waals surface area contributed by atoms with Crippen molar-refractivity contribution in [1.29, 1.82) is 0 Å². The van der Waals surface area contributed by atoms with E-state index in [-0.39, 0.29) is 33.9 Å². The molecule has 9 nitrogen and oxygen atoms in total. The van der Waals surface area contributed by atoms with Gasteiger partial charge in [0.25, 0.3) is 0 Å². The first-order valence-corrected chi connectivity index (χ1v) is 15.9. The molecule has 4 aromatic rings. The summed E-state index contributed by atoms with van der Waals surface area (Å²) in [5.74, 6) is -0.739. The fourth-order valence-electron chi connectivity index (χ4n) is 6.92. The van der Waals surface area contributed by atoms with E-state index in [1.165, 1.54) is 24.4 Å². The largest absolute Gasteiger partial charge is 0.508 e. The highest BCUT2D eigenvalue weighted by atomic mass is 19.1. The van der Waals surface area contributed by atoms with E-state index in [4.69, 9.17) is 14.5 Å². The van der Waals surface area contributed by atoms with Gasteiger partial charge in [0.15, 0.2) is 5.82 Å². The van der Waals surface area contributed by atoms with Crippen LogP contribution < -0.4 is 9.64 Å². The van der Waals surface area contributed by atoms with Gasteiger partial charge in [0.2, 0.25) is 0 Å². The lowest BCUT2D eigenvalue weighted by Crippen LogP contribution is -2.46. The molecule has 1 saturated carbocycles. The standard InChI is InChI=1S/C34H39F2N5O4/c1-3-23-26(35)6-5-21-15-22(42)16-24(27(21)23)29-28(36)30-25(17-37-29)31(41-10-4-7-33(2,43)18-41)39-32(38-30)45-20-34(8-9-34)19-40-11-13-44-14-12-40/h5-6,15-17,42-43H,3-4,7-14,18-20H2,1-2H3. The third kappa shape index (κ3) is 5.89. The molecule has 3 fully saturated rings. The van der Waals surface area contributed by atoms with Crippen LogP contribution in [-0.2, 0) is 11.2 Å². The van der Waals surface area contributed by atoms with Crippen LogP contribution in [0.4, 0.5) is 14.6 Å². The summed E-state index contributed by atoms with van der Waals surface area (Å²) in [5.41, 5.74) is -0.258. The van der Waals surface area contributed by atoms with Gasteiger partial charge in [-0.25, -0.2) is 8.78 Å². The molecule has 1 aliphatic carbocycles. The zero-order valence-corrected chi connectivity index (χ0v) is 25.8. The van der Waals surface area contributed by atoms with Crippen molar-refractivity contribution >= 4 is 27.5 Å². The number of rotatable bonds is 8. The van der Waals surface area contributed by atoms with E-state index < -0.39 is 17.2 Å². The second kappa shape index (κ2) is 11.6. The fourth-order valence-corrected chi connectivity index (χ4v) is 6.92. The van der Waals surface area contributed by atoms with Crippen LogP contribution in [0.15, 0.2) is 30.5 Å². The van der Waals surface area contributed by atoms with Crippen molar-refractivity contribution < 1.29 is 28.5 Å². The number of ether oxygens (including phenoxy) is 2. The Hall–Kier alpha value is -3.67. The maximum atomic E-state index is 16.8. The van der Waals surface area contributed by atoms with Gasteiger partial charge in [-0.05, 0) is 73.6 Å². The second-order valence-electron chi connectivity index (χ2n) is 13.2. The van der Waals surface area contributed by atoms with Crippen molar-refractivity contribution in [3.05, 3.63) is 47.7 Å². The van der Waals surface area contributed by atoms with Gasteiger partial charge in [0.05, 0.1) is 30.8 Å². The highest BCUT2D eigenvalue weighted by Crippen LogP contribution is 2.47. The number of aromatic nitrogens is 3. The van der Waals surface area contributed by atoms with E-state index >= 15 is 4.39 Å². The number of halogens is 2. The minimum atomic E-state index is -0.931. The molecule has 0 radical (unpaired) electrons. The number of fused-ring (bicyclic) bond motifs is 2. The van der Waals surface area contributed by atoms with Crippen LogP contribution in [0.2, 0.25) is 0 Å². The molecule has 238 valence electrons. The van der Waals surface area contributed by atoms with E-state index in [0.717, 1.165) is 52.1 Å². The van der Waals surface area contributed by atoms with Gasteiger partial charge in [-0.2, -0.15) is 9.97 Å². The van der Waals surface area contributed by atoms with Gasteiger partial charge in [-0.1, -0.05) is 13.0 Å². The Kier molecular flexibility index (Phi) is 7.74. The number of pyridine rings is 1. The van der Waals surface area contributed by atoms with Gasteiger partial charge >= 0.3 is 6.01 Å². The van der Waals surface area contributed by atoms with Crippen molar-refractivity contribution in [2.24, 2.45) is 5.41 Å². The van der Waals surface area contributed by atoms with Gasteiger partial charge in [-0.3, -0.25) is 9.88 Å². The number of β-amino-alcohol motifs (C(OH)–C–C–N with tert-alkyl or cyclic N) is 1. The lowest BCUT2D eigenvalue weighted by atomic mass is 9.94. The number of hydrogen-bond donors (Lipinski definition) is 2. The van der Waals surface area contributed by atoms with Crippen LogP contribution in [0, 0.1) is 17.0 Å². The van der Waals surface area contributed by atoms with E-state index in [1.54, 1.807) is 13.0 Å². The molecule has 0 bridgehead atoms. The van der Waals surface area contributed by atoms with Crippen LogP contribution in [0.25, 0.3) is 32.9 Å². The number of aliphatic hydroxyl groups is 1. The Morgan fingerprint density at radius 1 is 1.07 bits per heavy atom. The molecule has 4 heterocycles. The van der Waals surface area contributed by atoms with Gasteiger partial charge in [0, 0.05) is 49.9 Å². The van der Waals surface area contributed by atoms with E-state index in [2.05, 4.69) is 14.9 Å². The first kappa shape index (κ1) is 30.0. The smallest absolute Gasteiger partial charge is 0.319 e. The van der Waals surface area contributed by atoms with Crippen molar-refractivity contribution in [3.63, 3.8) is 0 Å². The Morgan fingerprint density at radius 3 is 2.60 bits per heavy atom. The Balaban J connectivity index is 1.32. The lowest BCUT2D eigenvalue weighted by Gasteiger charge is -2.38. The zero-order chi connectivity index (χ0) is 31.3. The molecule has 1 unspecified atom stereocenters. The number of nitrogens with zero attached hydrogens (tertiary/aromatic N) is 5. The molecule has 2 aliphatic heterocycles. The molecular weight excluding hydrogens is 580 g/mol. The van der Waals surface area contributed by atoms with Crippen molar-refractivity contribution in [2.45, 2.75) is 51.6 Å². The molecule has 7 rings (SSSR count). The summed E-state index contributed by atoms with van der Waals surface area (Å²) in [7, 11) is 0. The molecule has 2 saturated heterocycles. The van der Waals surface area contributed by atoms with Crippen molar-refractivity contribution in [3.8, 4) is 23.0 Å². The predicted molar refractivity (Wildman–Crippen MR) is 168 cm³/mol. The topological polar surface area (TPSA) is 104 Å². The summed E-state index contributed by atoms with van der Waals surface area (Å²) < 4.78 is 43.5. The van der Waals surface area contributed by atoms with Crippen LogP contribution in [0.1, 0.15) is 45.1 Å². The summed E-state index contributed by atoms with van der Waals surface area (Å²) in [6.45, 7) is 9.11.